The molecule has 0 unspecified atom stereocenters. The third kappa shape index (κ3) is 3.81. The van der Waals surface area contributed by atoms with Gasteiger partial charge in [-0.2, -0.15) is 0 Å². The number of esters is 1. The molecule has 9 nitrogen and oxygen atoms in total. The number of nitro groups is 1. The number of imidazole rings is 1. The fourth-order valence-corrected chi connectivity index (χ4v) is 3.30. The molecule has 27 heavy (non-hydrogen) atoms. The van der Waals surface area contributed by atoms with Gasteiger partial charge in [0.1, 0.15) is 5.69 Å². The van der Waals surface area contributed by atoms with Gasteiger partial charge < -0.3 is 9.64 Å². The van der Waals surface area contributed by atoms with E-state index in [1.54, 1.807) is 24.1 Å². The predicted octanol–water partition coefficient (Wildman–Crippen LogP) is 2.20. The van der Waals surface area contributed by atoms with Crippen molar-refractivity contribution in [2.45, 2.75) is 19.8 Å². The number of nitro benzene ring substituents is 1. The van der Waals surface area contributed by atoms with Crippen LogP contribution in [0.3, 0.4) is 0 Å². The summed E-state index contributed by atoms with van der Waals surface area (Å²) in [6.45, 7) is 2.76. The minimum absolute atomic E-state index is 0.170. The molecule has 3 rings (SSSR count). The Balaban J connectivity index is 1.94. The molecular weight excluding hydrogens is 352 g/mol. The minimum atomic E-state index is -0.524. The average Bonchev–Trinajstić information content (AvgIpc) is 3.21. The zero-order valence-electron chi connectivity index (χ0n) is 14.9. The van der Waals surface area contributed by atoms with Crippen LogP contribution in [0.25, 0.3) is 5.69 Å². The SMILES string of the molecule is CCOC(=O)[C@H]1CCCN(C(=O)c2cccc([N+](=O)[O-])c2-n2ccnc2)C1. The van der Waals surface area contributed by atoms with E-state index in [1.165, 1.54) is 29.2 Å². The third-order valence-electron chi connectivity index (χ3n) is 4.53. The summed E-state index contributed by atoms with van der Waals surface area (Å²) in [4.78, 5) is 41.6. The molecule has 0 N–H and O–H groups in total. The molecule has 142 valence electrons. The molecule has 1 aliphatic rings. The second-order valence-electron chi connectivity index (χ2n) is 6.24. The lowest BCUT2D eigenvalue weighted by Gasteiger charge is -2.32. The number of hydrogen-bond donors (Lipinski definition) is 0. The quantitative estimate of drug-likeness (QED) is 0.452. The van der Waals surface area contributed by atoms with Crippen molar-refractivity contribution >= 4 is 17.6 Å². The number of carbonyl (C=O) groups excluding carboxylic acids is 2. The molecule has 1 saturated heterocycles. The Kier molecular flexibility index (Phi) is 5.49. The molecule has 2 heterocycles. The van der Waals surface area contributed by atoms with Crippen LogP contribution in [0, 0.1) is 16.0 Å². The normalized spacial score (nSPS) is 16.8. The Morgan fingerprint density at radius 1 is 1.41 bits per heavy atom. The van der Waals surface area contributed by atoms with Crippen LogP contribution in [-0.4, -0.2) is 50.9 Å². The number of amides is 1. The maximum Gasteiger partial charge on any atom is 0.310 e. The van der Waals surface area contributed by atoms with Gasteiger partial charge in [0.05, 0.1) is 29.3 Å². The van der Waals surface area contributed by atoms with Crippen LogP contribution < -0.4 is 0 Å². The molecule has 0 saturated carbocycles. The molecule has 1 atom stereocenters. The van der Waals surface area contributed by atoms with Crippen LogP contribution in [0.4, 0.5) is 5.69 Å². The fourth-order valence-electron chi connectivity index (χ4n) is 3.30. The van der Waals surface area contributed by atoms with E-state index in [0.717, 1.165) is 0 Å². The highest BCUT2D eigenvalue weighted by Gasteiger charge is 2.32. The number of hydrogen-bond acceptors (Lipinski definition) is 6. The van der Waals surface area contributed by atoms with Gasteiger partial charge in [0.15, 0.2) is 0 Å². The van der Waals surface area contributed by atoms with Gasteiger partial charge >= 0.3 is 5.97 Å². The maximum absolute atomic E-state index is 13.1. The highest BCUT2D eigenvalue weighted by atomic mass is 16.6. The molecular formula is C18H20N4O5. The Hall–Kier alpha value is -3.23. The number of carbonyl (C=O) groups is 2. The number of aromatic nitrogens is 2. The number of benzene rings is 1. The van der Waals surface area contributed by atoms with E-state index in [2.05, 4.69) is 4.98 Å². The first-order valence-corrected chi connectivity index (χ1v) is 8.74. The van der Waals surface area contributed by atoms with Crippen LogP contribution in [0.1, 0.15) is 30.1 Å². The molecule has 2 aromatic rings. The standard InChI is InChI=1S/C18H20N4O5/c1-2-27-18(24)13-5-4-9-20(11-13)17(23)14-6-3-7-15(22(25)26)16(14)21-10-8-19-12-21/h3,6-8,10,12-13H,2,4-5,9,11H2,1H3/t13-/m0/s1. The minimum Gasteiger partial charge on any atom is -0.466 e. The Morgan fingerprint density at radius 3 is 2.89 bits per heavy atom. The number of piperidine rings is 1. The summed E-state index contributed by atoms with van der Waals surface area (Å²) < 4.78 is 6.53. The Bertz CT molecular complexity index is 849. The second-order valence-corrected chi connectivity index (χ2v) is 6.24. The van der Waals surface area contributed by atoms with Crippen LogP contribution in [0.2, 0.25) is 0 Å². The van der Waals surface area contributed by atoms with Crippen molar-refractivity contribution < 1.29 is 19.2 Å². The first-order valence-electron chi connectivity index (χ1n) is 8.74. The summed E-state index contributed by atoms with van der Waals surface area (Å²) in [7, 11) is 0. The van der Waals surface area contributed by atoms with Gasteiger partial charge in [0.2, 0.25) is 0 Å². The van der Waals surface area contributed by atoms with E-state index in [4.69, 9.17) is 4.74 Å². The first kappa shape index (κ1) is 18.6. The van der Waals surface area contributed by atoms with E-state index < -0.39 is 4.92 Å². The smallest absolute Gasteiger partial charge is 0.310 e. The van der Waals surface area contributed by atoms with Gasteiger partial charge in [-0.1, -0.05) is 6.07 Å². The van der Waals surface area contributed by atoms with Crippen molar-refractivity contribution in [3.05, 3.63) is 52.6 Å². The summed E-state index contributed by atoms with van der Waals surface area (Å²) in [6, 6.07) is 4.39. The Labute approximate surface area is 155 Å². The van der Waals surface area contributed by atoms with Crippen LogP contribution in [0.5, 0.6) is 0 Å². The highest BCUT2D eigenvalue weighted by molar-refractivity contribution is 5.99. The third-order valence-corrected chi connectivity index (χ3v) is 4.53. The average molecular weight is 372 g/mol. The van der Waals surface area contributed by atoms with E-state index in [-0.39, 0.29) is 41.3 Å². The van der Waals surface area contributed by atoms with Crippen molar-refractivity contribution in [2.24, 2.45) is 5.92 Å². The van der Waals surface area contributed by atoms with E-state index in [1.807, 2.05) is 0 Å². The molecule has 1 amide bonds. The van der Waals surface area contributed by atoms with Gasteiger partial charge in [-0.25, -0.2) is 4.98 Å². The predicted molar refractivity (Wildman–Crippen MR) is 95.5 cm³/mol. The number of likely N-dealkylation sites (tertiary alicyclic amines) is 1. The van der Waals surface area contributed by atoms with Crippen LogP contribution in [0.15, 0.2) is 36.9 Å². The maximum atomic E-state index is 13.1. The molecule has 1 aromatic carbocycles. The lowest BCUT2D eigenvalue weighted by atomic mass is 9.97. The van der Waals surface area contributed by atoms with Gasteiger partial charge in [-0.05, 0) is 25.8 Å². The van der Waals surface area contributed by atoms with Crippen molar-refractivity contribution in [1.29, 1.82) is 0 Å². The zero-order chi connectivity index (χ0) is 19.4. The second kappa shape index (κ2) is 7.98. The summed E-state index contributed by atoms with van der Waals surface area (Å²) in [5.41, 5.74) is 0.188. The van der Waals surface area contributed by atoms with Gasteiger partial charge in [-0.15, -0.1) is 0 Å². The summed E-state index contributed by atoms with van der Waals surface area (Å²) >= 11 is 0. The first-order chi connectivity index (χ1) is 13.0. The number of para-hydroxylation sites is 1. The molecule has 0 aliphatic carbocycles. The largest absolute Gasteiger partial charge is 0.466 e. The molecule has 1 aromatic heterocycles. The number of rotatable bonds is 5. The molecule has 0 radical (unpaired) electrons. The zero-order valence-corrected chi connectivity index (χ0v) is 14.9. The van der Waals surface area contributed by atoms with Crippen LogP contribution >= 0.6 is 0 Å². The molecule has 0 spiro atoms. The molecule has 1 fully saturated rings. The summed E-state index contributed by atoms with van der Waals surface area (Å²) in [6.07, 6.45) is 5.78. The van der Waals surface area contributed by atoms with E-state index >= 15 is 0 Å². The van der Waals surface area contributed by atoms with Gasteiger partial charge in [0, 0.05) is 31.5 Å². The van der Waals surface area contributed by atoms with Gasteiger partial charge in [-0.3, -0.25) is 24.3 Å². The van der Waals surface area contributed by atoms with Gasteiger partial charge in [0.25, 0.3) is 11.6 Å². The number of nitrogens with zero attached hydrogens (tertiary/aromatic N) is 4. The molecule has 1 aliphatic heterocycles. The van der Waals surface area contributed by atoms with E-state index in [9.17, 15) is 19.7 Å². The summed E-state index contributed by atoms with van der Waals surface area (Å²) in [5.74, 6) is -1.04. The molecule has 9 heteroatoms. The van der Waals surface area contributed by atoms with Crippen molar-refractivity contribution in [2.75, 3.05) is 19.7 Å². The van der Waals surface area contributed by atoms with Crippen molar-refractivity contribution in [1.82, 2.24) is 14.5 Å². The fraction of sp³-hybridized carbons (Fsp3) is 0.389. The topological polar surface area (TPSA) is 108 Å². The lowest BCUT2D eigenvalue weighted by molar-refractivity contribution is -0.384. The monoisotopic (exact) mass is 372 g/mol. The number of ether oxygens (including phenoxy) is 1. The Morgan fingerprint density at radius 2 is 2.22 bits per heavy atom. The van der Waals surface area contributed by atoms with Crippen molar-refractivity contribution in [3.63, 3.8) is 0 Å². The highest BCUT2D eigenvalue weighted by Crippen LogP contribution is 2.29. The lowest BCUT2D eigenvalue weighted by Crippen LogP contribution is -2.43. The van der Waals surface area contributed by atoms with E-state index in [0.29, 0.717) is 26.0 Å². The molecule has 0 bridgehead atoms. The van der Waals surface area contributed by atoms with Crippen molar-refractivity contribution in [3.8, 4) is 5.69 Å². The van der Waals surface area contributed by atoms with Crippen LogP contribution in [-0.2, 0) is 9.53 Å². The summed E-state index contributed by atoms with van der Waals surface area (Å²) in [5, 5.41) is 11.5.